The van der Waals surface area contributed by atoms with Gasteiger partial charge in [0, 0.05) is 13.2 Å². The van der Waals surface area contributed by atoms with Gasteiger partial charge in [0.15, 0.2) is 0 Å². The van der Waals surface area contributed by atoms with E-state index in [2.05, 4.69) is 72.1 Å². The highest BCUT2D eigenvalue weighted by molar-refractivity contribution is 7.14. The van der Waals surface area contributed by atoms with Crippen LogP contribution >= 0.6 is 9.39 Å². The summed E-state index contributed by atoms with van der Waals surface area (Å²) in [4.78, 5) is 0. The third-order valence-electron chi connectivity index (χ3n) is 7.64. The number of nitrogens with zero attached hydrogens (tertiary/aromatic N) is 11. The first kappa shape index (κ1) is 29.5. The molecule has 4 heterocycles. The Morgan fingerprint density at radius 1 is 0.674 bits per heavy atom. The van der Waals surface area contributed by atoms with Crippen molar-refractivity contribution < 1.29 is 4.74 Å². The molecule has 0 radical (unpaired) electrons. The minimum Gasteiger partial charge on any atom is -0.349 e. The summed E-state index contributed by atoms with van der Waals surface area (Å²) in [7, 11) is 4.43. The Bertz CT molecular complexity index is 1830. The van der Waals surface area contributed by atoms with Crippen LogP contribution in [0.4, 0.5) is 0 Å². The fraction of sp³-hybridized carbons (Fsp3) is 0.188. The highest BCUT2D eigenvalue weighted by atomic mass is 31.0. The van der Waals surface area contributed by atoms with E-state index in [4.69, 9.17) is 14.9 Å². The smallest absolute Gasteiger partial charge is 0.201 e. The van der Waals surface area contributed by atoms with E-state index in [1.807, 2.05) is 90.3 Å². The van der Waals surface area contributed by atoms with Gasteiger partial charge in [-0.3, -0.25) is 10.0 Å². The topological polar surface area (TPSA) is 120 Å². The van der Waals surface area contributed by atoms with Gasteiger partial charge in [-0.25, -0.2) is 13.8 Å². The molecule has 1 atom stereocenters. The summed E-state index contributed by atoms with van der Waals surface area (Å²) in [6, 6.07) is 30.5. The number of rotatable bonds is 12. The number of benzene rings is 3. The Morgan fingerprint density at radius 2 is 1.20 bits per heavy atom. The van der Waals surface area contributed by atoms with Crippen LogP contribution in [-0.4, -0.2) is 61.8 Å². The van der Waals surface area contributed by atoms with Crippen LogP contribution in [0.25, 0.3) is 0 Å². The molecule has 0 spiro atoms. The molecule has 1 unspecified atom stereocenters. The quantitative estimate of drug-likeness (QED) is 0.201. The van der Waals surface area contributed by atoms with Crippen molar-refractivity contribution in [3.8, 4) is 0 Å². The molecule has 14 heteroatoms. The van der Waals surface area contributed by atoms with E-state index in [9.17, 15) is 0 Å². The fourth-order valence-electron chi connectivity index (χ4n) is 5.49. The maximum Gasteiger partial charge on any atom is 0.201 e. The number of hydrogen-bond donors (Lipinski definition) is 1. The molecule has 0 fully saturated rings. The van der Waals surface area contributed by atoms with E-state index in [1.165, 1.54) is 0 Å². The molecule has 0 bridgehead atoms. The molecule has 0 amide bonds. The van der Waals surface area contributed by atoms with Gasteiger partial charge in [0.2, 0.25) is 5.60 Å². The predicted octanol–water partition coefficient (Wildman–Crippen LogP) is 3.36. The predicted molar refractivity (Wildman–Crippen MR) is 173 cm³/mol. The van der Waals surface area contributed by atoms with Gasteiger partial charge in [-0.1, -0.05) is 107 Å². The second-order valence-electron chi connectivity index (χ2n) is 11.0. The summed E-state index contributed by atoms with van der Waals surface area (Å²) < 4.78 is 12.1. The van der Waals surface area contributed by atoms with Crippen LogP contribution in [0.5, 0.6) is 0 Å². The van der Waals surface area contributed by atoms with E-state index in [0.717, 1.165) is 22.4 Å². The molecule has 3 aromatic carbocycles. The first-order valence-corrected chi connectivity index (χ1v) is 15.3. The van der Waals surface area contributed by atoms with Gasteiger partial charge in [0.25, 0.3) is 0 Å². The van der Waals surface area contributed by atoms with Gasteiger partial charge in [0.1, 0.15) is 17.1 Å². The number of nitrogens with one attached hydrogen (secondary N) is 1. The molecular weight excluding hydrogens is 599 g/mol. The van der Waals surface area contributed by atoms with E-state index in [0.29, 0.717) is 36.7 Å². The molecule has 46 heavy (non-hydrogen) atoms. The van der Waals surface area contributed by atoms with Crippen LogP contribution in [0, 0.1) is 0 Å². The molecule has 0 saturated carbocycles. The number of ether oxygens (including phenoxy) is 1. The highest BCUT2D eigenvalue weighted by Gasteiger charge is 2.49. The van der Waals surface area contributed by atoms with Gasteiger partial charge in [-0.15, -0.1) is 20.8 Å². The van der Waals surface area contributed by atoms with Crippen LogP contribution in [0.15, 0.2) is 121 Å². The van der Waals surface area contributed by atoms with Crippen molar-refractivity contribution in [2.75, 3.05) is 7.05 Å². The number of likely N-dealkylation sites (N-methyl/N-ethyl adjacent to an activating group) is 1. The van der Waals surface area contributed by atoms with Crippen molar-refractivity contribution >= 4 is 9.39 Å². The van der Waals surface area contributed by atoms with Crippen molar-refractivity contribution in [2.24, 2.45) is 0 Å². The molecule has 1 aliphatic heterocycles. The van der Waals surface area contributed by atoms with Crippen LogP contribution < -0.4 is 5.53 Å². The fourth-order valence-corrected chi connectivity index (χ4v) is 5.71. The third-order valence-corrected chi connectivity index (χ3v) is 7.89. The van der Waals surface area contributed by atoms with Gasteiger partial charge in [0.05, 0.1) is 50.5 Å². The molecule has 0 aliphatic carbocycles. The summed E-state index contributed by atoms with van der Waals surface area (Å²) in [6.45, 7) is 1.82. The van der Waals surface area contributed by atoms with E-state index >= 15 is 0 Å². The first-order chi connectivity index (χ1) is 22.5. The maximum absolute atomic E-state index is 6.95. The van der Waals surface area contributed by atoms with Gasteiger partial charge in [-0.05, 0) is 26.1 Å². The molecule has 6 aromatic rings. The summed E-state index contributed by atoms with van der Waals surface area (Å²) in [5, 5.41) is 30.8. The van der Waals surface area contributed by atoms with Crippen molar-refractivity contribution in [2.45, 2.75) is 31.8 Å². The zero-order valence-electron chi connectivity index (χ0n) is 25.2. The SMILES string of the molecule is CN1NN(Cc2ccccc2)C=C1C(OCc1cn(P)nn1)(c1cn(Cc2ccccc2)nn1)c1cn(Cc2ccccc2)nn1. The molecule has 7 rings (SSSR count). The van der Waals surface area contributed by atoms with Crippen LogP contribution in [-0.2, 0) is 36.6 Å². The van der Waals surface area contributed by atoms with Crippen LogP contribution in [0.1, 0.15) is 33.8 Å². The van der Waals surface area contributed by atoms with Crippen molar-refractivity contribution in [1.29, 1.82) is 0 Å². The molecular formula is C32H33N12OP. The lowest BCUT2D eigenvalue weighted by molar-refractivity contribution is -0.0312. The van der Waals surface area contributed by atoms with Crippen LogP contribution in [0.3, 0.4) is 0 Å². The Kier molecular flexibility index (Phi) is 8.34. The van der Waals surface area contributed by atoms with Gasteiger partial charge in [-0.2, -0.15) is 0 Å². The summed E-state index contributed by atoms with van der Waals surface area (Å²) >= 11 is 0. The molecule has 232 valence electrons. The Labute approximate surface area is 268 Å². The lowest BCUT2D eigenvalue weighted by Gasteiger charge is -2.34. The number of hydrazine groups is 2. The average molecular weight is 633 g/mol. The molecule has 1 N–H and O–H groups in total. The average Bonchev–Trinajstić information content (AvgIpc) is 3.89. The molecule has 13 nitrogen and oxygen atoms in total. The van der Waals surface area contributed by atoms with Crippen LogP contribution in [0.2, 0.25) is 0 Å². The monoisotopic (exact) mass is 632 g/mol. The van der Waals surface area contributed by atoms with Gasteiger partial charge >= 0.3 is 0 Å². The van der Waals surface area contributed by atoms with Crippen molar-refractivity contribution in [3.05, 3.63) is 155 Å². The molecule has 3 aromatic heterocycles. The second kappa shape index (κ2) is 13.0. The normalized spacial score (nSPS) is 13.4. The zero-order chi connectivity index (χ0) is 31.3. The minimum absolute atomic E-state index is 0.120. The van der Waals surface area contributed by atoms with E-state index in [-0.39, 0.29) is 6.61 Å². The zero-order valence-corrected chi connectivity index (χ0v) is 26.4. The Balaban J connectivity index is 1.33. The number of aromatic nitrogens is 9. The minimum atomic E-state index is -1.33. The maximum atomic E-state index is 6.95. The number of hydrogen-bond acceptors (Lipinski definition) is 10. The lowest BCUT2D eigenvalue weighted by Crippen LogP contribution is -2.44. The Morgan fingerprint density at radius 3 is 1.70 bits per heavy atom. The summed E-state index contributed by atoms with van der Waals surface area (Å²) in [5.41, 5.74) is 7.95. The standard InChI is InChI=1S/C32H33N12OP/c1-40-31(23-43(39-40)19-27-15-9-4-10-16-27)32(45-24-28-20-44(46)38-33-28,29-21-41(36-34-29)17-25-11-5-2-6-12-25)30-22-42(37-35-30)18-26-13-7-3-8-14-26/h2-16,20-23,39H,17-19,24,46H2,1H3. The van der Waals surface area contributed by atoms with E-state index < -0.39 is 5.60 Å². The second-order valence-corrected chi connectivity index (χ2v) is 11.5. The van der Waals surface area contributed by atoms with Crippen molar-refractivity contribution in [1.82, 2.24) is 60.3 Å². The summed E-state index contributed by atoms with van der Waals surface area (Å²) in [6.07, 6.45) is 7.63. The highest BCUT2D eigenvalue weighted by Crippen LogP contribution is 2.42. The molecule has 0 saturated heterocycles. The van der Waals surface area contributed by atoms with E-state index in [1.54, 1.807) is 20.0 Å². The molecule has 1 aliphatic rings. The largest absolute Gasteiger partial charge is 0.349 e. The summed E-state index contributed by atoms with van der Waals surface area (Å²) in [5.74, 6) is 0. The third kappa shape index (κ3) is 6.29. The first-order valence-electron chi connectivity index (χ1n) is 14.8. The van der Waals surface area contributed by atoms with Gasteiger partial charge < -0.3 is 4.74 Å². The lowest BCUT2D eigenvalue weighted by atomic mass is 9.91. The van der Waals surface area contributed by atoms with Crippen molar-refractivity contribution in [3.63, 3.8) is 0 Å². The Hall–Kier alpha value is -5.23.